The molecule has 0 aliphatic carbocycles. The van der Waals surface area contributed by atoms with E-state index in [9.17, 15) is 18.0 Å². The average Bonchev–Trinajstić information content (AvgIpc) is 3.09. The molecule has 126 valence electrons. The van der Waals surface area contributed by atoms with Crippen LogP contribution in [0.5, 0.6) is 0 Å². The average molecular weight is 346 g/mol. The maximum Gasteiger partial charge on any atom is 0.435 e. The lowest BCUT2D eigenvalue weighted by Crippen LogP contribution is -2.36. The summed E-state index contributed by atoms with van der Waals surface area (Å²) in [6.45, 7) is 0.121. The van der Waals surface area contributed by atoms with Crippen LogP contribution in [-0.4, -0.2) is 41.2 Å². The first-order valence-corrected chi connectivity index (χ1v) is 7.77. The van der Waals surface area contributed by atoms with Crippen LogP contribution in [0.15, 0.2) is 29.1 Å². The van der Waals surface area contributed by atoms with Crippen molar-refractivity contribution < 1.29 is 18.0 Å². The van der Waals surface area contributed by atoms with Crippen molar-refractivity contribution in [1.82, 2.24) is 20.0 Å². The van der Waals surface area contributed by atoms with E-state index < -0.39 is 11.9 Å². The smallest absolute Gasteiger partial charge is 0.353 e. The third-order valence-corrected chi connectivity index (χ3v) is 3.98. The Kier molecular flexibility index (Phi) is 5.42. The van der Waals surface area contributed by atoms with Crippen LogP contribution in [0.25, 0.3) is 0 Å². The quantitative estimate of drug-likeness (QED) is 0.874. The molecule has 1 amide bonds. The fourth-order valence-corrected chi connectivity index (χ4v) is 2.78. The normalized spacial score (nSPS) is 13.3. The number of amides is 1. The molecule has 0 unspecified atom stereocenters. The van der Waals surface area contributed by atoms with Crippen molar-refractivity contribution in [3.05, 3.63) is 40.3 Å². The van der Waals surface area contributed by atoms with Gasteiger partial charge in [-0.05, 0) is 42.6 Å². The van der Waals surface area contributed by atoms with Crippen LogP contribution in [0.1, 0.15) is 17.3 Å². The second kappa shape index (κ2) is 7.14. The second-order valence-electron chi connectivity index (χ2n) is 5.24. The fourth-order valence-electron chi connectivity index (χ4n) is 2.08. The number of alkyl halides is 3. The molecule has 0 aliphatic heterocycles. The molecule has 2 heterocycles. The van der Waals surface area contributed by atoms with E-state index in [1.807, 2.05) is 35.8 Å². The van der Waals surface area contributed by atoms with Crippen LogP contribution in [0.3, 0.4) is 0 Å². The van der Waals surface area contributed by atoms with Crippen molar-refractivity contribution in [2.24, 2.45) is 0 Å². The van der Waals surface area contributed by atoms with Crippen molar-refractivity contribution >= 4 is 17.2 Å². The molecule has 2 rings (SSSR count). The van der Waals surface area contributed by atoms with Gasteiger partial charge in [0.25, 0.3) is 0 Å². The standard InChI is InChI=1S/C14H17F3N4OS/c1-20(2)11(10-4-6-23-9-10)7-18-13(22)8-21-5-3-12(19-21)14(15,16)17/h3-6,9,11H,7-8H2,1-2H3,(H,18,22)/t11-/m0/s1. The minimum Gasteiger partial charge on any atom is -0.353 e. The summed E-state index contributed by atoms with van der Waals surface area (Å²) in [7, 11) is 3.80. The first-order valence-electron chi connectivity index (χ1n) is 6.83. The Morgan fingerprint density at radius 2 is 2.17 bits per heavy atom. The molecule has 0 aromatic carbocycles. The van der Waals surface area contributed by atoms with Gasteiger partial charge in [-0.1, -0.05) is 0 Å². The van der Waals surface area contributed by atoms with Crippen LogP contribution in [0, 0.1) is 0 Å². The molecular weight excluding hydrogens is 329 g/mol. The van der Waals surface area contributed by atoms with Gasteiger partial charge in [-0.2, -0.15) is 29.6 Å². The summed E-state index contributed by atoms with van der Waals surface area (Å²) in [5.41, 5.74) is 0.0773. The lowest BCUT2D eigenvalue weighted by atomic mass is 10.1. The number of nitrogens with one attached hydrogen (secondary N) is 1. The Hall–Kier alpha value is -1.87. The van der Waals surface area contributed by atoms with Crippen LogP contribution < -0.4 is 5.32 Å². The third-order valence-electron chi connectivity index (χ3n) is 3.28. The summed E-state index contributed by atoms with van der Waals surface area (Å²) in [5, 5.41) is 10.0. The molecule has 0 aliphatic rings. The summed E-state index contributed by atoms with van der Waals surface area (Å²) in [6.07, 6.45) is -3.36. The van der Waals surface area contributed by atoms with E-state index in [1.165, 1.54) is 0 Å². The Labute approximate surface area is 135 Å². The summed E-state index contributed by atoms with van der Waals surface area (Å²) >= 11 is 1.57. The molecule has 9 heteroatoms. The van der Waals surface area contributed by atoms with E-state index in [4.69, 9.17) is 0 Å². The Morgan fingerprint density at radius 3 is 2.70 bits per heavy atom. The maximum atomic E-state index is 12.5. The molecule has 0 fully saturated rings. The monoisotopic (exact) mass is 346 g/mol. The highest BCUT2D eigenvalue weighted by atomic mass is 32.1. The Bertz CT molecular complexity index is 637. The number of nitrogens with zero attached hydrogens (tertiary/aromatic N) is 3. The van der Waals surface area contributed by atoms with Gasteiger partial charge in [-0.15, -0.1) is 0 Å². The molecule has 0 radical (unpaired) electrons. The zero-order valence-corrected chi connectivity index (χ0v) is 13.5. The van der Waals surface area contributed by atoms with E-state index in [0.29, 0.717) is 6.54 Å². The van der Waals surface area contributed by atoms with Gasteiger partial charge >= 0.3 is 6.18 Å². The van der Waals surface area contributed by atoms with Crippen molar-refractivity contribution in [3.63, 3.8) is 0 Å². The SMILES string of the molecule is CN(C)[C@@H](CNC(=O)Cn1ccc(C(F)(F)F)n1)c1ccsc1. The van der Waals surface area contributed by atoms with E-state index >= 15 is 0 Å². The van der Waals surface area contributed by atoms with Gasteiger partial charge in [0.1, 0.15) is 6.54 Å². The number of rotatable bonds is 6. The highest BCUT2D eigenvalue weighted by Gasteiger charge is 2.33. The van der Waals surface area contributed by atoms with Crippen molar-refractivity contribution in [1.29, 1.82) is 0 Å². The van der Waals surface area contributed by atoms with Crippen molar-refractivity contribution in [2.45, 2.75) is 18.8 Å². The first kappa shape index (κ1) is 17.5. The molecule has 2 aromatic heterocycles. The summed E-state index contributed by atoms with van der Waals surface area (Å²) < 4.78 is 38.4. The predicted octanol–water partition coefficient (Wildman–Crippen LogP) is 2.38. The second-order valence-corrected chi connectivity index (χ2v) is 6.02. The Balaban J connectivity index is 1.90. The zero-order chi connectivity index (χ0) is 17.0. The summed E-state index contributed by atoms with van der Waals surface area (Å²) in [6, 6.07) is 2.83. The van der Waals surface area contributed by atoms with Gasteiger partial charge in [0.15, 0.2) is 5.69 Å². The van der Waals surface area contributed by atoms with Crippen LogP contribution in [-0.2, 0) is 17.5 Å². The highest BCUT2D eigenvalue weighted by Crippen LogP contribution is 2.27. The van der Waals surface area contributed by atoms with Crippen molar-refractivity contribution in [2.75, 3.05) is 20.6 Å². The molecule has 23 heavy (non-hydrogen) atoms. The lowest BCUT2D eigenvalue weighted by molar-refractivity contribution is -0.141. The minimum atomic E-state index is -4.50. The number of carbonyl (C=O) groups excluding carboxylic acids is 1. The van der Waals surface area contributed by atoms with Gasteiger partial charge in [0.05, 0.1) is 6.04 Å². The number of halogens is 3. The number of hydrogen-bond donors (Lipinski definition) is 1. The van der Waals surface area contributed by atoms with Crippen molar-refractivity contribution in [3.8, 4) is 0 Å². The number of aromatic nitrogens is 2. The fraction of sp³-hybridized carbons (Fsp3) is 0.429. The van der Waals surface area contributed by atoms with Crippen LogP contribution in [0.2, 0.25) is 0 Å². The van der Waals surface area contributed by atoms with E-state index in [1.54, 1.807) is 11.3 Å². The predicted molar refractivity (Wildman–Crippen MR) is 81.0 cm³/mol. The van der Waals surface area contributed by atoms with Gasteiger partial charge in [0, 0.05) is 12.7 Å². The molecule has 0 saturated heterocycles. The molecule has 5 nitrogen and oxygen atoms in total. The third kappa shape index (κ3) is 4.80. The van der Waals surface area contributed by atoms with E-state index in [-0.39, 0.29) is 18.5 Å². The van der Waals surface area contributed by atoms with Gasteiger partial charge in [-0.25, -0.2) is 0 Å². The molecular formula is C14H17F3N4OS. The molecule has 1 N–H and O–H groups in total. The van der Waals surface area contributed by atoms with E-state index in [0.717, 1.165) is 22.5 Å². The molecule has 0 saturated carbocycles. The number of carbonyl (C=O) groups is 1. The van der Waals surface area contributed by atoms with Gasteiger partial charge in [0.2, 0.25) is 5.91 Å². The van der Waals surface area contributed by atoms with Crippen LogP contribution >= 0.6 is 11.3 Å². The summed E-state index contributed by atoms with van der Waals surface area (Å²) in [5.74, 6) is -0.385. The molecule has 1 atom stereocenters. The topological polar surface area (TPSA) is 50.2 Å². The minimum absolute atomic E-state index is 0.00792. The molecule has 0 spiro atoms. The maximum absolute atomic E-state index is 12.5. The molecule has 0 bridgehead atoms. The number of hydrogen-bond acceptors (Lipinski definition) is 4. The molecule has 2 aromatic rings. The van der Waals surface area contributed by atoms with E-state index in [2.05, 4.69) is 10.4 Å². The first-order chi connectivity index (χ1) is 10.8. The number of thiophene rings is 1. The highest BCUT2D eigenvalue weighted by molar-refractivity contribution is 7.07. The largest absolute Gasteiger partial charge is 0.435 e. The number of likely N-dealkylation sites (N-methyl/N-ethyl adjacent to an activating group) is 1. The summed E-state index contributed by atoms with van der Waals surface area (Å²) in [4.78, 5) is 13.9. The van der Waals surface area contributed by atoms with Gasteiger partial charge < -0.3 is 10.2 Å². The zero-order valence-electron chi connectivity index (χ0n) is 12.7. The lowest BCUT2D eigenvalue weighted by Gasteiger charge is -2.24. The van der Waals surface area contributed by atoms with Gasteiger partial charge in [-0.3, -0.25) is 9.48 Å². The van der Waals surface area contributed by atoms with Crippen LogP contribution in [0.4, 0.5) is 13.2 Å². The Morgan fingerprint density at radius 1 is 1.43 bits per heavy atom.